The third-order valence-corrected chi connectivity index (χ3v) is 3.67. The van der Waals surface area contributed by atoms with Crippen molar-refractivity contribution in [3.8, 4) is 0 Å². The summed E-state index contributed by atoms with van der Waals surface area (Å²) in [5.41, 5.74) is 1.64. The SMILES string of the molecule is Cc1nc(C)c(COC(=O)C=Cc2ccc(F)cc2)s1. The Labute approximate surface area is 120 Å². The van der Waals surface area contributed by atoms with Gasteiger partial charge in [-0.1, -0.05) is 12.1 Å². The number of aromatic nitrogens is 1. The fourth-order valence-electron chi connectivity index (χ4n) is 1.63. The van der Waals surface area contributed by atoms with Crippen molar-refractivity contribution >= 4 is 23.4 Å². The molecule has 1 aromatic carbocycles. The van der Waals surface area contributed by atoms with E-state index in [1.165, 1.54) is 29.5 Å². The molecule has 0 amide bonds. The number of rotatable bonds is 4. The molecule has 0 aliphatic carbocycles. The van der Waals surface area contributed by atoms with Crippen LogP contribution in [0.15, 0.2) is 30.3 Å². The van der Waals surface area contributed by atoms with Crippen LogP contribution in [0.3, 0.4) is 0 Å². The number of thiazole rings is 1. The zero-order chi connectivity index (χ0) is 14.5. The van der Waals surface area contributed by atoms with Gasteiger partial charge in [0.25, 0.3) is 0 Å². The molecule has 0 saturated carbocycles. The summed E-state index contributed by atoms with van der Waals surface area (Å²) in [7, 11) is 0. The van der Waals surface area contributed by atoms with Crippen LogP contribution in [-0.2, 0) is 16.1 Å². The predicted molar refractivity (Wildman–Crippen MR) is 76.8 cm³/mol. The van der Waals surface area contributed by atoms with Crippen LogP contribution in [0.25, 0.3) is 6.08 Å². The van der Waals surface area contributed by atoms with Crippen molar-refractivity contribution < 1.29 is 13.9 Å². The topological polar surface area (TPSA) is 39.2 Å². The Balaban J connectivity index is 1.89. The third-order valence-electron chi connectivity index (χ3n) is 2.63. The van der Waals surface area contributed by atoms with Gasteiger partial charge in [0, 0.05) is 6.08 Å². The van der Waals surface area contributed by atoms with Crippen LogP contribution in [0.1, 0.15) is 21.1 Å². The largest absolute Gasteiger partial charge is 0.457 e. The number of halogens is 1. The number of esters is 1. The second-order valence-corrected chi connectivity index (χ2v) is 5.52. The highest BCUT2D eigenvalue weighted by Crippen LogP contribution is 2.18. The molecule has 0 fully saturated rings. The predicted octanol–water partition coefficient (Wildman–Crippen LogP) is 3.66. The lowest BCUT2D eigenvalue weighted by atomic mass is 10.2. The summed E-state index contributed by atoms with van der Waals surface area (Å²) in [5.74, 6) is -0.736. The van der Waals surface area contributed by atoms with Crippen molar-refractivity contribution in [1.82, 2.24) is 4.98 Å². The van der Waals surface area contributed by atoms with E-state index >= 15 is 0 Å². The van der Waals surface area contributed by atoms with Crippen molar-refractivity contribution in [3.05, 3.63) is 57.3 Å². The van der Waals surface area contributed by atoms with E-state index in [2.05, 4.69) is 4.98 Å². The number of hydrogen-bond acceptors (Lipinski definition) is 4. The van der Waals surface area contributed by atoms with E-state index in [0.717, 1.165) is 21.1 Å². The molecule has 0 spiro atoms. The maximum absolute atomic E-state index is 12.7. The lowest BCUT2D eigenvalue weighted by Gasteiger charge is -2.00. The van der Waals surface area contributed by atoms with E-state index in [0.29, 0.717) is 0 Å². The molecule has 5 heteroatoms. The van der Waals surface area contributed by atoms with E-state index < -0.39 is 5.97 Å². The van der Waals surface area contributed by atoms with Crippen molar-refractivity contribution in [3.63, 3.8) is 0 Å². The second-order valence-electron chi connectivity index (χ2n) is 4.23. The molecule has 0 saturated heterocycles. The number of benzene rings is 1. The molecular formula is C15H14FNO2S. The Morgan fingerprint density at radius 1 is 1.35 bits per heavy atom. The van der Waals surface area contributed by atoms with Crippen LogP contribution in [0, 0.1) is 19.7 Å². The van der Waals surface area contributed by atoms with Crippen LogP contribution in [-0.4, -0.2) is 11.0 Å². The van der Waals surface area contributed by atoms with Gasteiger partial charge in [-0.3, -0.25) is 0 Å². The minimum Gasteiger partial charge on any atom is -0.457 e. The first-order valence-electron chi connectivity index (χ1n) is 6.08. The van der Waals surface area contributed by atoms with E-state index in [-0.39, 0.29) is 12.4 Å². The Morgan fingerprint density at radius 3 is 2.65 bits per heavy atom. The summed E-state index contributed by atoms with van der Waals surface area (Å²) >= 11 is 1.52. The number of carbonyl (C=O) groups excluding carboxylic acids is 1. The Morgan fingerprint density at radius 2 is 2.05 bits per heavy atom. The van der Waals surface area contributed by atoms with Crippen LogP contribution < -0.4 is 0 Å². The number of carbonyl (C=O) groups is 1. The number of aryl methyl sites for hydroxylation is 2. The van der Waals surface area contributed by atoms with Crippen LogP contribution in [0.4, 0.5) is 4.39 Å². The second kappa shape index (κ2) is 6.43. The van der Waals surface area contributed by atoms with Crippen molar-refractivity contribution in [2.24, 2.45) is 0 Å². The van der Waals surface area contributed by atoms with Gasteiger partial charge in [-0.2, -0.15) is 0 Å². The summed E-state index contributed by atoms with van der Waals surface area (Å²) < 4.78 is 17.9. The zero-order valence-electron chi connectivity index (χ0n) is 11.2. The van der Waals surface area contributed by atoms with Gasteiger partial charge >= 0.3 is 5.97 Å². The molecule has 1 heterocycles. The first-order chi connectivity index (χ1) is 9.54. The molecule has 1 aromatic heterocycles. The first kappa shape index (κ1) is 14.4. The molecule has 0 unspecified atom stereocenters. The van der Waals surface area contributed by atoms with E-state index in [1.807, 2.05) is 13.8 Å². The van der Waals surface area contributed by atoms with Gasteiger partial charge in [-0.15, -0.1) is 11.3 Å². The monoisotopic (exact) mass is 291 g/mol. The highest BCUT2D eigenvalue weighted by molar-refractivity contribution is 7.11. The molecule has 20 heavy (non-hydrogen) atoms. The fourth-order valence-corrected chi connectivity index (χ4v) is 2.48. The lowest BCUT2D eigenvalue weighted by Crippen LogP contribution is -2.00. The average Bonchev–Trinajstić information content (AvgIpc) is 2.74. The summed E-state index contributed by atoms with van der Waals surface area (Å²) in [5, 5.41) is 0.954. The number of ether oxygens (including phenoxy) is 1. The minimum absolute atomic E-state index is 0.226. The van der Waals surface area contributed by atoms with Crippen LogP contribution in [0.5, 0.6) is 0 Å². The molecule has 0 aliphatic rings. The maximum atomic E-state index is 12.7. The van der Waals surface area contributed by atoms with E-state index in [9.17, 15) is 9.18 Å². The normalized spacial score (nSPS) is 10.9. The van der Waals surface area contributed by atoms with Gasteiger partial charge in [-0.05, 0) is 37.6 Å². The smallest absolute Gasteiger partial charge is 0.331 e. The maximum Gasteiger partial charge on any atom is 0.331 e. The Kier molecular flexibility index (Phi) is 4.63. The van der Waals surface area contributed by atoms with Gasteiger partial charge < -0.3 is 4.74 Å². The molecule has 3 nitrogen and oxygen atoms in total. The van der Waals surface area contributed by atoms with Gasteiger partial charge in [0.05, 0.1) is 15.6 Å². The van der Waals surface area contributed by atoms with Crippen molar-refractivity contribution in [2.45, 2.75) is 20.5 Å². The minimum atomic E-state index is -0.431. The highest BCUT2D eigenvalue weighted by Gasteiger charge is 2.06. The quantitative estimate of drug-likeness (QED) is 0.637. The van der Waals surface area contributed by atoms with Gasteiger partial charge in [0.2, 0.25) is 0 Å². The van der Waals surface area contributed by atoms with Gasteiger partial charge in [0.15, 0.2) is 0 Å². The van der Waals surface area contributed by atoms with Gasteiger partial charge in [-0.25, -0.2) is 14.2 Å². The third kappa shape index (κ3) is 3.99. The fraction of sp³-hybridized carbons (Fsp3) is 0.200. The van der Waals surface area contributed by atoms with Gasteiger partial charge in [0.1, 0.15) is 12.4 Å². The first-order valence-corrected chi connectivity index (χ1v) is 6.89. The highest BCUT2D eigenvalue weighted by atomic mass is 32.1. The Bertz CT molecular complexity index is 632. The average molecular weight is 291 g/mol. The van der Waals surface area contributed by atoms with Crippen molar-refractivity contribution in [2.75, 3.05) is 0 Å². The summed E-state index contributed by atoms with van der Waals surface area (Å²) in [6.45, 7) is 4.03. The standard InChI is InChI=1S/C15H14FNO2S/c1-10-14(20-11(2)17-10)9-19-15(18)8-5-12-3-6-13(16)7-4-12/h3-8H,9H2,1-2H3. The number of hydrogen-bond donors (Lipinski definition) is 0. The van der Waals surface area contributed by atoms with E-state index in [1.54, 1.807) is 18.2 Å². The molecule has 104 valence electrons. The van der Waals surface area contributed by atoms with Crippen LogP contribution in [0.2, 0.25) is 0 Å². The summed E-state index contributed by atoms with van der Waals surface area (Å²) in [6.07, 6.45) is 2.92. The zero-order valence-corrected chi connectivity index (χ0v) is 12.0. The molecule has 0 N–H and O–H groups in total. The van der Waals surface area contributed by atoms with Crippen LogP contribution >= 0.6 is 11.3 Å². The molecule has 0 atom stereocenters. The summed E-state index contributed by atoms with van der Waals surface area (Å²) in [4.78, 5) is 16.8. The van der Waals surface area contributed by atoms with E-state index in [4.69, 9.17) is 4.74 Å². The summed E-state index contributed by atoms with van der Waals surface area (Å²) in [6, 6.07) is 5.87. The molecule has 0 radical (unpaired) electrons. The Hall–Kier alpha value is -2.01. The van der Waals surface area contributed by atoms with Crippen molar-refractivity contribution in [1.29, 1.82) is 0 Å². The number of nitrogens with zero attached hydrogens (tertiary/aromatic N) is 1. The molecule has 0 aliphatic heterocycles. The lowest BCUT2D eigenvalue weighted by molar-refractivity contribution is -0.138. The molecular weight excluding hydrogens is 277 g/mol. The molecule has 2 aromatic rings. The molecule has 2 rings (SSSR count). The molecule has 0 bridgehead atoms.